The maximum atomic E-state index is 13.0. The summed E-state index contributed by atoms with van der Waals surface area (Å²) in [6.45, 7) is 0.972. The Morgan fingerprint density at radius 1 is 1.07 bits per heavy atom. The molecule has 0 unspecified atom stereocenters. The molecule has 30 heavy (non-hydrogen) atoms. The van der Waals surface area contributed by atoms with Gasteiger partial charge in [-0.2, -0.15) is 9.29 Å². The molecule has 2 aliphatic heterocycles. The van der Waals surface area contributed by atoms with Gasteiger partial charge in [0.1, 0.15) is 0 Å². The molecule has 0 saturated carbocycles. The van der Waals surface area contributed by atoms with Gasteiger partial charge in [-0.1, -0.05) is 21.1 Å². The summed E-state index contributed by atoms with van der Waals surface area (Å²) in [5.41, 5.74) is 0.754. The molecule has 156 valence electrons. The van der Waals surface area contributed by atoms with Crippen molar-refractivity contribution in [2.24, 2.45) is 0 Å². The van der Waals surface area contributed by atoms with Gasteiger partial charge in [0.2, 0.25) is 28.5 Å². The van der Waals surface area contributed by atoms with E-state index in [0.717, 1.165) is 22.9 Å². The van der Waals surface area contributed by atoms with E-state index in [1.165, 1.54) is 4.31 Å². The largest absolute Gasteiger partial charge is 0.454 e. The molecule has 5 rings (SSSR count). The maximum Gasteiger partial charge on any atom is 0.243 e. The lowest BCUT2D eigenvalue weighted by Crippen LogP contribution is -2.39. The minimum Gasteiger partial charge on any atom is -0.454 e. The zero-order valence-electron chi connectivity index (χ0n) is 15.8. The summed E-state index contributed by atoms with van der Waals surface area (Å²) in [5.74, 6) is 2.06. The van der Waals surface area contributed by atoms with Crippen molar-refractivity contribution in [3.05, 3.63) is 52.8 Å². The zero-order chi connectivity index (χ0) is 20.7. The average molecular weight is 492 g/mol. The van der Waals surface area contributed by atoms with Gasteiger partial charge in [0.05, 0.1) is 10.8 Å². The zero-order valence-corrected chi connectivity index (χ0v) is 18.2. The van der Waals surface area contributed by atoms with Crippen molar-refractivity contribution in [1.29, 1.82) is 0 Å². The molecule has 0 amide bonds. The van der Waals surface area contributed by atoms with Crippen LogP contribution in [0.2, 0.25) is 0 Å². The highest BCUT2D eigenvalue weighted by Crippen LogP contribution is 2.36. The number of nitrogens with zero attached hydrogens (tertiary/aromatic N) is 3. The molecule has 0 radical (unpaired) electrons. The van der Waals surface area contributed by atoms with Crippen LogP contribution in [0.1, 0.15) is 24.7 Å². The summed E-state index contributed by atoms with van der Waals surface area (Å²) < 4.78 is 44.6. The maximum absolute atomic E-state index is 13.0. The second-order valence-electron chi connectivity index (χ2n) is 7.18. The van der Waals surface area contributed by atoms with Gasteiger partial charge < -0.3 is 14.0 Å². The highest BCUT2D eigenvalue weighted by molar-refractivity contribution is 9.10. The summed E-state index contributed by atoms with van der Waals surface area (Å²) in [6, 6.07) is 12.1. The number of fused-ring (bicyclic) bond motifs is 1. The minimum atomic E-state index is -3.58. The van der Waals surface area contributed by atoms with E-state index >= 15 is 0 Å². The molecule has 3 heterocycles. The molecule has 1 atom stereocenters. The number of ether oxygens (including phenoxy) is 2. The van der Waals surface area contributed by atoms with Gasteiger partial charge >= 0.3 is 0 Å². The first-order chi connectivity index (χ1) is 14.5. The van der Waals surface area contributed by atoms with Crippen LogP contribution in [0.4, 0.5) is 0 Å². The summed E-state index contributed by atoms with van der Waals surface area (Å²) in [7, 11) is -3.58. The molecular formula is C20H18BrN3O5S. The Bertz CT molecular complexity index is 1180. The van der Waals surface area contributed by atoms with Crippen LogP contribution in [0.15, 0.2) is 56.4 Å². The lowest BCUT2D eigenvalue weighted by atomic mass is 10.00. The predicted molar refractivity (Wildman–Crippen MR) is 111 cm³/mol. The predicted octanol–water partition coefficient (Wildman–Crippen LogP) is 3.80. The summed E-state index contributed by atoms with van der Waals surface area (Å²) in [5, 5.41) is 4.09. The average Bonchev–Trinajstić information content (AvgIpc) is 3.43. The number of aromatic nitrogens is 2. The van der Waals surface area contributed by atoms with Crippen molar-refractivity contribution in [2.45, 2.75) is 23.7 Å². The Labute approximate surface area is 182 Å². The van der Waals surface area contributed by atoms with Crippen LogP contribution in [0.3, 0.4) is 0 Å². The van der Waals surface area contributed by atoms with E-state index in [0.29, 0.717) is 36.3 Å². The van der Waals surface area contributed by atoms with Crippen molar-refractivity contribution in [1.82, 2.24) is 14.4 Å². The van der Waals surface area contributed by atoms with Crippen LogP contribution in [-0.4, -0.2) is 42.7 Å². The van der Waals surface area contributed by atoms with Gasteiger partial charge in [0.15, 0.2) is 11.5 Å². The van der Waals surface area contributed by atoms with Gasteiger partial charge in [-0.3, -0.25) is 0 Å². The number of benzene rings is 2. The number of rotatable bonds is 4. The SMILES string of the molecule is O=S(=O)(c1ccc(Br)cc1)N1CCC[C@H](c2nc(-c3ccc4c(c3)OCO4)no2)C1. The van der Waals surface area contributed by atoms with E-state index in [2.05, 4.69) is 26.1 Å². The van der Waals surface area contributed by atoms with E-state index < -0.39 is 10.0 Å². The smallest absolute Gasteiger partial charge is 0.243 e. The van der Waals surface area contributed by atoms with E-state index in [4.69, 9.17) is 14.0 Å². The van der Waals surface area contributed by atoms with Crippen LogP contribution < -0.4 is 9.47 Å². The molecule has 0 aliphatic carbocycles. The summed E-state index contributed by atoms with van der Waals surface area (Å²) >= 11 is 3.34. The summed E-state index contributed by atoms with van der Waals surface area (Å²) in [4.78, 5) is 4.80. The number of piperidine rings is 1. The van der Waals surface area contributed by atoms with Crippen molar-refractivity contribution in [3.63, 3.8) is 0 Å². The molecule has 10 heteroatoms. The highest BCUT2D eigenvalue weighted by Gasteiger charge is 2.33. The standard InChI is InChI=1S/C20H18BrN3O5S/c21-15-4-6-16(7-5-15)30(25,26)24-9-1-2-14(11-24)20-22-19(23-29-20)13-3-8-17-18(10-13)28-12-27-17/h3-8,10,14H,1-2,9,11-12H2/t14-/m0/s1. The third kappa shape index (κ3) is 3.59. The molecule has 1 fully saturated rings. The summed E-state index contributed by atoms with van der Waals surface area (Å²) in [6.07, 6.45) is 1.51. The van der Waals surface area contributed by atoms with Gasteiger partial charge in [-0.15, -0.1) is 0 Å². The van der Waals surface area contributed by atoms with Crippen molar-refractivity contribution >= 4 is 26.0 Å². The van der Waals surface area contributed by atoms with Crippen LogP contribution in [-0.2, 0) is 10.0 Å². The van der Waals surface area contributed by atoms with Crippen LogP contribution in [0.5, 0.6) is 11.5 Å². The monoisotopic (exact) mass is 491 g/mol. The Hall–Kier alpha value is -2.43. The molecule has 2 aliphatic rings. The van der Waals surface area contributed by atoms with E-state index in [-0.39, 0.29) is 17.6 Å². The quantitative estimate of drug-likeness (QED) is 0.547. The second-order valence-corrected chi connectivity index (χ2v) is 10.0. The van der Waals surface area contributed by atoms with Crippen molar-refractivity contribution in [2.75, 3.05) is 19.9 Å². The lowest BCUT2D eigenvalue weighted by molar-refractivity contribution is 0.174. The van der Waals surface area contributed by atoms with Gasteiger partial charge in [0.25, 0.3) is 0 Å². The van der Waals surface area contributed by atoms with Crippen LogP contribution in [0, 0.1) is 0 Å². The molecule has 0 spiro atoms. The number of hydrogen-bond acceptors (Lipinski definition) is 7. The molecule has 2 aromatic carbocycles. The molecule has 0 bridgehead atoms. The van der Waals surface area contributed by atoms with Gasteiger partial charge in [-0.25, -0.2) is 8.42 Å². The lowest BCUT2D eigenvalue weighted by Gasteiger charge is -2.30. The minimum absolute atomic E-state index is 0.153. The van der Waals surface area contributed by atoms with Crippen LogP contribution >= 0.6 is 15.9 Å². The fraction of sp³-hybridized carbons (Fsp3) is 0.300. The van der Waals surface area contributed by atoms with E-state index in [1.807, 2.05) is 12.1 Å². The third-order valence-electron chi connectivity index (χ3n) is 5.26. The highest BCUT2D eigenvalue weighted by atomic mass is 79.9. The molecule has 1 saturated heterocycles. The Morgan fingerprint density at radius 2 is 1.87 bits per heavy atom. The Morgan fingerprint density at radius 3 is 2.70 bits per heavy atom. The van der Waals surface area contributed by atoms with Crippen molar-refractivity contribution < 1.29 is 22.4 Å². The van der Waals surface area contributed by atoms with E-state index in [9.17, 15) is 8.42 Å². The molecule has 1 aromatic heterocycles. The first-order valence-electron chi connectivity index (χ1n) is 9.50. The van der Waals surface area contributed by atoms with Gasteiger partial charge in [-0.05, 0) is 55.3 Å². The number of halogens is 1. The molecule has 8 nitrogen and oxygen atoms in total. The topological polar surface area (TPSA) is 94.8 Å². The fourth-order valence-corrected chi connectivity index (χ4v) is 5.46. The fourth-order valence-electron chi connectivity index (χ4n) is 3.67. The second kappa shape index (κ2) is 7.68. The molecule has 0 N–H and O–H groups in total. The van der Waals surface area contributed by atoms with E-state index in [1.54, 1.807) is 30.3 Å². The number of hydrogen-bond donors (Lipinski definition) is 0. The first-order valence-corrected chi connectivity index (χ1v) is 11.7. The molecule has 3 aromatic rings. The van der Waals surface area contributed by atoms with Crippen LogP contribution in [0.25, 0.3) is 11.4 Å². The first kappa shape index (κ1) is 19.5. The molecular weight excluding hydrogens is 474 g/mol. The van der Waals surface area contributed by atoms with Crippen molar-refractivity contribution in [3.8, 4) is 22.9 Å². The normalized spacial score (nSPS) is 19.2. The Kier molecular flexibility index (Phi) is 5.00. The van der Waals surface area contributed by atoms with Gasteiger partial charge in [0, 0.05) is 23.1 Å². The Balaban J connectivity index is 1.36. The number of sulfonamides is 1. The third-order valence-corrected chi connectivity index (χ3v) is 7.67.